The summed E-state index contributed by atoms with van der Waals surface area (Å²) in [5, 5.41) is 7.80. The minimum absolute atomic E-state index is 0.580. The molecule has 1 aromatic rings. The van der Waals surface area contributed by atoms with E-state index in [0.717, 1.165) is 13.0 Å². The Morgan fingerprint density at radius 3 is 2.78 bits per heavy atom. The highest BCUT2D eigenvalue weighted by atomic mass is 15.3. The van der Waals surface area contributed by atoms with Crippen molar-refractivity contribution in [3.63, 3.8) is 0 Å². The van der Waals surface area contributed by atoms with Gasteiger partial charge in [0.25, 0.3) is 0 Å². The zero-order chi connectivity index (χ0) is 12.8. The van der Waals surface area contributed by atoms with E-state index in [4.69, 9.17) is 0 Å². The lowest BCUT2D eigenvalue weighted by Crippen LogP contribution is -2.42. The first-order valence-corrected chi connectivity index (χ1v) is 7.18. The van der Waals surface area contributed by atoms with Gasteiger partial charge in [0.2, 0.25) is 0 Å². The van der Waals surface area contributed by atoms with Crippen LogP contribution in [0.4, 0.5) is 0 Å². The first kappa shape index (κ1) is 13.6. The van der Waals surface area contributed by atoms with Crippen LogP contribution < -0.4 is 5.32 Å². The highest BCUT2D eigenvalue weighted by molar-refractivity contribution is 5.00. The molecule has 1 fully saturated rings. The number of aromatic nitrogens is 2. The SMILES string of the molecule is CC(CN1CCCCC1)NCCc1ccnn1C. The van der Waals surface area contributed by atoms with Crippen molar-refractivity contribution in [1.29, 1.82) is 0 Å². The van der Waals surface area contributed by atoms with Crippen molar-refractivity contribution >= 4 is 0 Å². The molecule has 18 heavy (non-hydrogen) atoms. The molecule has 1 N–H and O–H groups in total. The topological polar surface area (TPSA) is 33.1 Å². The second-order valence-electron chi connectivity index (χ2n) is 5.41. The molecule has 0 saturated carbocycles. The maximum absolute atomic E-state index is 4.19. The van der Waals surface area contributed by atoms with E-state index in [2.05, 4.69) is 28.3 Å². The fourth-order valence-corrected chi connectivity index (χ4v) is 2.69. The number of nitrogens with zero attached hydrogens (tertiary/aromatic N) is 3. The molecule has 0 radical (unpaired) electrons. The van der Waals surface area contributed by atoms with Crippen molar-refractivity contribution in [3.05, 3.63) is 18.0 Å². The molecule has 0 amide bonds. The molecule has 102 valence electrons. The minimum Gasteiger partial charge on any atom is -0.313 e. The molecular formula is C14H26N4. The number of hydrogen-bond donors (Lipinski definition) is 1. The Balaban J connectivity index is 1.62. The molecule has 1 saturated heterocycles. The van der Waals surface area contributed by atoms with Crippen LogP contribution in [0, 0.1) is 0 Å². The maximum Gasteiger partial charge on any atom is 0.0492 e. The summed E-state index contributed by atoms with van der Waals surface area (Å²) in [6.45, 7) is 7.08. The van der Waals surface area contributed by atoms with E-state index in [1.807, 2.05) is 17.9 Å². The van der Waals surface area contributed by atoms with Gasteiger partial charge in [0.15, 0.2) is 0 Å². The van der Waals surface area contributed by atoms with Gasteiger partial charge in [-0.3, -0.25) is 4.68 Å². The van der Waals surface area contributed by atoms with Gasteiger partial charge in [-0.15, -0.1) is 0 Å². The number of aryl methyl sites for hydroxylation is 1. The number of rotatable bonds is 6. The summed E-state index contributed by atoms with van der Waals surface area (Å²) in [6, 6.07) is 2.67. The molecule has 0 spiro atoms. The van der Waals surface area contributed by atoms with Gasteiger partial charge in [-0.05, 0) is 38.9 Å². The van der Waals surface area contributed by atoms with Gasteiger partial charge < -0.3 is 10.2 Å². The summed E-state index contributed by atoms with van der Waals surface area (Å²) in [6.07, 6.45) is 7.09. The Labute approximate surface area is 110 Å². The zero-order valence-corrected chi connectivity index (χ0v) is 11.7. The smallest absolute Gasteiger partial charge is 0.0492 e. The van der Waals surface area contributed by atoms with Crippen LogP contribution in [0.2, 0.25) is 0 Å². The summed E-state index contributed by atoms with van der Waals surface area (Å²) < 4.78 is 1.96. The molecule has 0 aromatic carbocycles. The fourth-order valence-electron chi connectivity index (χ4n) is 2.69. The van der Waals surface area contributed by atoms with Crippen LogP contribution in [-0.4, -0.2) is 46.9 Å². The number of hydrogen-bond acceptors (Lipinski definition) is 3. The lowest BCUT2D eigenvalue weighted by Gasteiger charge is -2.29. The fraction of sp³-hybridized carbons (Fsp3) is 0.786. The van der Waals surface area contributed by atoms with Crippen LogP contribution in [0.3, 0.4) is 0 Å². The van der Waals surface area contributed by atoms with Crippen molar-refractivity contribution in [1.82, 2.24) is 20.0 Å². The molecule has 1 aliphatic heterocycles. The van der Waals surface area contributed by atoms with Gasteiger partial charge in [0, 0.05) is 44.5 Å². The van der Waals surface area contributed by atoms with E-state index in [9.17, 15) is 0 Å². The van der Waals surface area contributed by atoms with Crippen molar-refractivity contribution in [3.8, 4) is 0 Å². The number of piperidine rings is 1. The van der Waals surface area contributed by atoms with Gasteiger partial charge in [-0.2, -0.15) is 5.10 Å². The normalized spacial score (nSPS) is 19.0. The van der Waals surface area contributed by atoms with Crippen LogP contribution in [0.1, 0.15) is 31.9 Å². The van der Waals surface area contributed by atoms with Crippen LogP contribution in [-0.2, 0) is 13.5 Å². The molecule has 4 nitrogen and oxygen atoms in total. The van der Waals surface area contributed by atoms with E-state index in [1.54, 1.807) is 0 Å². The molecule has 1 aromatic heterocycles. The van der Waals surface area contributed by atoms with Gasteiger partial charge >= 0.3 is 0 Å². The molecule has 0 bridgehead atoms. The highest BCUT2D eigenvalue weighted by Gasteiger charge is 2.12. The Kier molecular flexibility index (Phi) is 5.20. The zero-order valence-electron chi connectivity index (χ0n) is 11.7. The largest absolute Gasteiger partial charge is 0.313 e. The molecule has 1 aliphatic rings. The quantitative estimate of drug-likeness (QED) is 0.829. The standard InChI is InChI=1S/C14H26N4/c1-13(12-18-10-4-3-5-11-18)15-8-6-14-7-9-16-17(14)2/h7,9,13,15H,3-6,8,10-12H2,1-2H3. The third kappa shape index (κ3) is 4.10. The number of likely N-dealkylation sites (tertiary alicyclic amines) is 1. The molecule has 2 rings (SSSR count). The summed E-state index contributed by atoms with van der Waals surface area (Å²) in [4.78, 5) is 2.59. The van der Waals surface area contributed by atoms with Crippen LogP contribution in [0.5, 0.6) is 0 Å². The Morgan fingerprint density at radius 2 is 2.11 bits per heavy atom. The molecule has 1 atom stereocenters. The van der Waals surface area contributed by atoms with E-state index in [0.29, 0.717) is 6.04 Å². The highest BCUT2D eigenvalue weighted by Crippen LogP contribution is 2.08. The molecule has 2 heterocycles. The second kappa shape index (κ2) is 6.90. The predicted molar refractivity (Wildman–Crippen MR) is 74.7 cm³/mol. The number of nitrogens with one attached hydrogen (secondary N) is 1. The van der Waals surface area contributed by atoms with E-state index >= 15 is 0 Å². The summed E-state index contributed by atoms with van der Waals surface area (Å²) in [7, 11) is 2.01. The van der Waals surface area contributed by atoms with Crippen molar-refractivity contribution in [2.45, 2.75) is 38.6 Å². The van der Waals surface area contributed by atoms with Crippen molar-refractivity contribution < 1.29 is 0 Å². The first-order valence-electron chi connectivity index (χ1n) is 7.18. The molecular weight excluding hydrogens is 224 g/mol. The first-order chi connectivity index (χ1) is 8.75. The van der Waals surface area contributed by atoms with Crippen molar-refractivity contribution in [2.75, 3.05) is 26.2 Å². The summed E-state index contributed by atoms with van der Waals surface area (Å²) >= 11 is 0. The Morgan fingerprint density at radius 1 is 1.33 bits per heavy atom. The van der Waals surface area contributed by atoms with Gasteiger partial charge in [-0.1, -0.05) is 6.42 Å². The Bertz CT molecular complexity index is 341. The van der Waals surface area contributed by atoms with Gasteiger partial charge in [-0.25, -0.2) is 0 Å². The average Bonchev–Trinajstić information content (AvgIpc) is 2.76. The van der Waals surface area contributed by atoms with Crippen LogP contribution in [0.15, 0.2) is 12.3 Å². The summed E-state index contributed by atoms with van der Waals surface area (Å²) in [5.74, 6) is 0. The Hall–Kier alpha value is -0.870. The third-order valence-corrected chi connectivity index (χ3v) is 3.78. The van der Waals surface area contributed by atoms with Gasteiger partial charge in [0.05, 0.1) is 0 Å². The third-order valence-electron chi connectivity index (χ3n) is 3.78. The second-order valence-corrected chi connectivity index (χ2v) is 5.41. The lowest BCUT2D eigenvalue weighted by molar-refractivity contribution is 0.209. The molecule has 0 aliphatic carbocycles. The van der Waals surface area contributed by atoms with Crippen LogP contribution >= 0.6 is 0 Å². The van der Waals surface area contributed by atoms with Gasteiger partial charge in [0.1, 0.15) is 0 Å². The monoisotopic (exact) mass is 250 g/mol. The van der Waals surface area contributed by atoms with Crippen LogP contribution in [0.25, 0.3) is 0 Å². The van der Waals surface area contributed by atoms with E-state index < -0.39 is 0 Å². The van der Waals surface area contributed by atoms with Crippen molar-refractivity contribution in [2.24, 2.45) is 7.05 Å². The molecule has 4 heteroatoms. The lowest BCUT2D eigenvalue weighted by atomic mass is 10.1. The average molecular weight is 250 g/mol. The van der Waals surface area contributed by atoms with E-state index in [-0.39, 0.29) is 0 Å². The molecule has 1 unspecified atom stereocenters. The van der Waals surface area contributed by atoms with E-state index in [1.165, 1.54) is 44.6 Å². The minimum atomic E-state index is 0.580. The maximum atomic E-state index is 4.19. The predicted octanol–water partition coefficient (Wildman–Crippen LogP) is 1.43. The summed E-state index contributed by atoms with van der Waals surface area (Å²) in [5.41, 5.74) is 1.30.